The van der Waals surface area contributed by atoms with E-state index in [0.29, 0.717) is 12.2 Å². The summed E-state index contributed by atoms with van der Waals surface area (Å²) in [5, 5.41) is 17.7. The van der Waals surface area contributed by atoms with Crippen molar-refractivity contribution in [1.29, 1.82) is 10.5 Å². The van der Waals surface area contributed by atoms with E-state index in [2.05, 4.69) is 4.98 Å². The Bertz CT molecular complexity index is 446. The molecule has 2 heterocycles. The van der Waals surface area contributed by atoms with Crippen LogP contribution in [0.1, 0.15) is 30.7 Å². The van der Waals surface area contributed by atoms with Crippen molar-refractivity contribution in [2.45, 2.75) is 31.9 Å². The first kappa shape index (κ1) is 10.7. The number of nitriles is 2. The number of rotatable bonds is 2. The Balaban J connectivity index is 2.12. The van der Waals surface area contributed by atoms with Gasteiger partial charge < -0.3 is 9.30 Å². The summed E-state index contributed by atoms with van der Waals surface area (Å²) in [6, 6.07) is 3.92. The smallest absolute Gasteiger partial charge is 0.176 e. The Morgan fingerprint density at radius 1 is 1.44 bits per heavy atom. The Hall–Kier alpha value is -1.85. The summed E-state index contributed by atoms with van der Waals surface area (Å²) in [7, 11) is 0. The number of nitrogens with zero attached hydrogens (tertiary/aromatic N) is 4. The number of hydrogen-bond donors (Lipinski definition) is 0. The number of aromatic nitrogens is 2. The van der Waals surface area contributed by atoms with Gasteiger partial charge in [0.05, 0.1) is 19.0 Å². The van der Waals surface area contributed by atoms with Gasteiger partial charge in [0.1, 0.15) is 12.1 Å². The highest BCUT2D eigenvalue weighted by atomic mass is 16.5. The molecule has 1 saturated heterocycles. The lowest BCUT2D eigenvalue weighted by Gasteiger charge is -2.22. The van der Waals surface area contributed by atoms with E-state index in [1.165, 1.54) is 6.33 Å². The Morgan fingerprint density at radius 3 is 2.94 bits per heavy atom. The second kappa shape index (κ2) is 4.78. The maximum absolute atomic E-state index is 8.95. The maximum Gasteiger partial charge on any atom is 0.176 e. The maximum atomic E-state index is 8.95. The van der Waals surface area contributed by atoms with Crippen molar-refractivity contribution in [3.8, 4) is 12.1 Å². The lowest BCUT2D eigenvalue weighted by atomic mass is 10.1. The van der Waals surface area contributed by atoms with E-state index < -0.39 is 0 Å². The van der Waals surface area contributed by atoms with Crippen LogP contribution in [0.5, 0.6) is 0 Å². The normalized spacial score (nSPS) is 20.0. The predicted molar refractivity (Wildman–Crippen MR) is 55.2 cm³/mol. The Labute approximate surface area is 93.9 Å². The number of imidazole rings is 1. The number of ether oxygens (including phenoxy) is 1. The molecular weight excluding hydrogens is 204 g/mol. The minimum Gasteiger partial charge on any atom is -0.376 e. The summed E-state index contributed by atoms with van der Waals surface area (Å²) >= 11 is 0. The van der Waals surface area contributed by atoms with Gasteiger partial charge in [-0.1, -0.05) is 0 Å². The van der Waals surface area contributed by atoms with Crippen LogP contribution < -0.4 is 0 Å². The molecule has 0 aromatic carbocycles. The molecule has 1 aromatic rings. The molecule has 0 amide bonds. The highest BCUT2D eigenvalue weighted by Crippen LogP contribution is 2.16. The van der Waals surface area contributed by atoms with Crippen molar-refractivity contribution >= 4 is 0 Å². The van der Waals surface area contributed by atoms with Gasteiger partial charge in [-0.15, -0.1) is 0 Å². The average Bonchev–Trinajstić information content (AvgIpc) is 2.72. The zero-order valence-electron chi connectivity index (χ0n) is 8.89. The fourth-order valence-corrected chi connectivity index (χ4v) is 1.89. The summed E-state index contributed by atoms with van der Waals surface area (Å²) in [6.07, 6.45) is 4.95. The van der Waals surface area contributed by atoms with Gasteiger partial charge in [-0.3, -0.25) is 0 Å². The highest BCUT2D eigenvalue weighted by Gasteiger charge is 2.17. The van der Waals surface area contributed by atoms with Crippen LogP contribution >= 0.6 is 0 Å². The molecular formula is C11H12N4O. The Kier molecular flexibility index (Phi) is 3.19. The molecule has 0 spiro atoms. The number of hydrogen-bond acceptors (Lipinski definition) is 4. The third kappa shape index (κ3) is 2.05. The highest BCUT2D eigenvalue weighted by molar-refractivity contribution is 5.36. The molecule has 16 heavy (non-hydrogen) atoms. The van der Waals surface area contributed by atoms with Gasteiger partial charge in [-0.05, 0) is 19.3 Å². The van der Waals surface area contributed by atoms with Crippen LogP contribution in [0.15, 0.2) is 6.33 Å². The standard InChI is InChI=1S/C11H12N4O/c12-5-10-11(6-13)15(8-14-10)7-9-3-1-2-4-16-9/h8-9H,1-4,7H2/t9-/m0/s1. The van der Waals surface area contributed by atoms with E-state index in [4.69, 9.17) is 15.3 Å². The van der Waals surface area contributed by atoms with Crippen molar-refractivity contribution in [3.05, 3.63) is 17.7 Å². The second-order valence-corrected chi connectivity index (χ2v) is 3.81. The predicted octanol–water partition coefficient (Wildman–Crippen LogP) is 1.20. The first-order valence-corrected chi connectivity index (χ1v) is 5.32. The molecule has 1 fully saturated rings. The van der Waals surface area contributed by atoms with Crippen LogP contribution in [-0.2, 0) is 11.3 Å². The van der Waals surface area contributed by atoms with Gasteiger partial charge in [0.25, 0.3) is 0 Å². The molecule has 5 heteroatoms. The van der Waals surface area contributed by atoms with E-state index >= 15 is 0 Å². The lowest BCUT2D eigenvalue weighted by molar-refractivity contribution is 0.00585. The molecule has 1 aromatic heterocycles. The fourth-order valence-electron chi connectivity index (χ4n) is 1.89. The van der Waals surface area contributed by atoms with Gasteiger partial charge in [0.2, 0.25) is 0 Å². The van der Waals surface area contributed by atoms with Gasteiger partial charge in [-0.2, -0.15) is 10.5 Å². The molecule has 1 aliphatic rings. The summed E-state index contributed by atoms with van der Waals surface area (Å²) in [5.41, 5.74) is 0.523. The lowest BCUT2D eigenvalue weighted by Crippen LogP contribution is -2.24. The Morgan fingerprint density at radius 2 is 2.31 bits per heavy atom. The quantitative estimate of drug-likeness (QED) is 0.744. The minimum absolute atomic E-state index is 0.140. The van der Waals surface area contributed by atoms with Crippen molar-refractivity contribution in [3.63, 3.8) is 0 Å². The van der Waals surface area contributed by atoms with E-state index in [-0.39, 0.29) is 11.8 Å². The molecule has 2 rings (SSSR count). The molecule has 0 N–H and O–H groups in total. The van der Waals surface area contributed by atoms with Crippen LogP contribution in [0.4, 0.5) is 0 Å². The van der Waals surface area contributed by atoms with Crippen LogP contribution in [0.2, 0.25) is 0 Å². The minimum atomic E-state index is 0.140. The third-order valence-corrected chi connectivity index (χ3v) is 2.72. The van der Waals surface area contributed by atoms with Gasteiger partial charge in [0.15, 0.2) is 11.4 Å². The molecule has 82 valence electrons. The van der Waals surface area contributed by atoms with Gasteiger partial charge in [0, 0.05) is 6.61 Å². The van der Waals surface area contributed by atoms with Crippen molar-refractivity contribution in [2.75, 3.05) is 6.61 Å². The summed E-state index contributed by atoms with van der Waals surface area (Å²) in [4.78, 5) is 3.89. The van der Waals surface area contributed by atoms with Crippen LogP contribution in [0.25, 0.3) is 0 Å². The zero-order chi connectivity index (χ0) is 11.4. The second-order valence-electron chi connectivity index (χ2n) is 3.81. The first-order chi connectivity index (χ1) is 7.85. The molecule has 0 aliphatic carbocycles. The molecule has 1 aliphatic heterocycles. The van der Waals surface area contributed by atoms with Gasteiger partial charge in [-0.25, -0.2) is 4.98 Å². The molecule has 0 radical (unpaired) electrons. The largest absolute Gasteiger partial charge is 0.376 e. The summed E-state index contributed by atoms with van der Waals surface area (Å²) in [6.45, 7) is 1.39. The van der Waals surface area contributed by atoms with E-state index in [0.717, 1.165) is 25.9 Å². The van der Waals surface area contributed by atoms with Crippen LogP contribution in [0, 0.1) is 22.7 Å². The topological polar surface area (TPSA) is 74.6 Å². The monoisotopic (exact) mass is 216 g/mol. The fraction of sp³-hybridized carbons (Fsp3) is 0.545. The van der Waals surface area contributed by atoms with Crippen molar-refractivity contribution < 1.29 is 4.74 Å². The average molecular weight is 216 g/mol. The van der Waals surface area contributed by atoms with E-state index in [1.807, 2.05) is 12.1 Å². The first-order valence-electron chi connectivity index (χ1n) is 5.32. The third-order valence-electron chi connectivity index (χ3n) is 2.72. The SMILES string of the molecule is N#Cc1ncn(C[C@@H]2CCCCO2)c1C#N. The van der Waals surface area contributed by atoms with Crippen LogP contribution in [-0.4, -0.2) is 22.3 Å². The zero-order valence-corrected chi connectivity index (χ0v) is 8.89. The molecule has 0 bridgehead atoms. The molecule has 0 saturated carbocycles. The van der Waals surface area contributed by atoms with E-state index in [9.17, 15) is 0 Å². The summed E-state index contributed by atoms with van der Waals surface area (Å²) < 4.78 is 7.29. The van der Waals surface area contributed by atoms with Crippen LogP contribution in [0.3, 0.4) is 0 Å². The van der Waals surface area contributed by atoms with Gasteiger partial charge >= 0.3 is 0 Å². The van der Waals surface area contributed by atoms with Crippen molar-refractivity contribution in [2.24, 2.45) is 0 Å². The molecule has 5 nitrogen and oxygen atoms in total. The summed E-state index contributed by atoms with van der Waals surface area (Å²) in [5.74, 6) is 0. The molecule has 0 unspecified atom stereocenters. The van der Waals surface area contributed by atoms with Crippen molar-refractivity contribution in [1.82, 2.24) is 9.55 Å². The van der Waals surface area contributed by atoms with E-state index in [1.54, 1.807) is 4.57 Å². The molecule has 1 atom stereocenters.